The molecule has 1 N–H and O–H groups in total. The van der Waals surface area contributed by atoms with Crippen molar-refractivity contribution in [2.24, 2.45) is 0 Å². The van der Waals surface area contributed by atoms with Crippen LogP contribution in [0.5, 0.6) is 11.5 Å². The Morgan fingerprint density at radius 2 is 2.10 bits per heavy atom. The lowest BCUT2D eigenvalue weighted by molar-refractivity contribution is 0.171. The number of benzene rings is 1. The van der Waals surface area contributed by atoms with Crippen LogP contribution in [0.1, 0.15) is 5.56 Å². The van der Waals surface area contributed by atoms with E-state index in [1.807, 2.05) is 12.1 Å². The zero-order chi connectivity index (χ0) is 13.9. The maximum Gasteiger partial charge on any atom is 0.212 e. The van der Waals surface area contributed by atoms with E-state index in [-0.39, 0.29) is 0 Å². The van der Waals surface area contributed by atoms with E-state index < -0.39 is 5.95 Å². The molecular formula is C14H12ClFN2O2. The van der Waals surface area contributed by atoms with Crippen LogP contribution in [0.2, 0.25) is 5.02 Å². The molecule has 0 saturated carbocycles. The molecule has 2 aromatic rings. The minimum absolute atomic E-state index is 0.502. The smallest absolute Gasteiger partial charge is 0.212 e. The Kier molecular flexibility index (Phi) is 3.60. The van der Waals surface area contributed by atoms with Gasteiger partial charge in [-0.25, -0.2) is 4.98 Å². The first-order valence-electron chi connectivity index (χ1n) is 6.16. The van der Waals surface area contributed by atoms with Crippen LogP contribution >= 0.6 is 11.6 Å². The van der Waals surface area contributed by atoms with Gasteiger partial charge in [0, 0.05) is 6.54 Å². The van der Waals surface area contributed by atoms with Crippen molar-refractivity contribution >= 4 is 17.3 Å². The van der Waals surface area contributed by atoms with Crippen LogP contribution in [0.4, 0.5) is 10.1 Å². The van der Waals surface area contributed by atoms with Gasteiger partial charge in [-0.2, -0.15) is 4.39 Å². The number of rotatable bonds is 3. The second kappa shape index (κ2) is 5.54. The average Bonchev–Trinajstić information content (AvgIpc) is 2.47. The van der Waals surface area contributed by atoms with E-state index in [9.17, 15) is 4.39 Å². The van der Waals surface area contributed by atoms with E-state index in [0.29, 0.717) is 36.3 Å². The second-order valence-corrected chi connectivity index (χ2v) is 4.73. The van der Waals surface area contributed by atoms with Gasteiger partial charge in [-0.1, -0.05) is 11.6 Å². The van der Waals surface area contributed by atoms with Gasteiger partial charge in [0.25, 0.3) is 0 Å². The lowest BCUT2D eigenvalue weighted by Gasteiger charge is -2.20. The Hall–Kier alpha value is -2.01. The number of nitrogens with one attached hydrogen (secondary N) is 1. The number of anilines is 1. The maximum atomic E-state index is 12.7. The molecule has 0 saturated heterocycles. The number of halogens is 2. The monoisotopic (exact) mass is 294 g/mol. The van der Waals surface area contributed by atoms with E-state index in [1.165, 1.54) is 12.3 Å². The molecule has 0 amide bonds. The summed E-state index contributed by atoms with van der Waals surface area (Å²) in [5.41, 5.74) is 1.68. The molecule has 0 spiro atoms. The van der Waals surface area contributed by atoms with Gasteiger partial charge >= 0.3 is 0 Å². The molecule has 1 aliphatic rings. The van der Waals surface area contributed by atoms with Gasteiger partial charge in [0.1, 0.15) is 13.2 Å². The molecule has 1 aromatic carbocycles. The fourth-order valence-electron chi connectivity index (χ4n) is 1.95. The van der Waals surface area contributed by atoms with Gasteiger partial charge in [0.15, 0.2) is 11.5 Å². The fourth-order valence-corrected chi connectivity index (χ4v) is 2.24. The predicted molar refractivity (Wildman–Crippen MR) is 74.0 cm³/mol. The summed E-state index contributed by atoms with van der Waals surface area (Å²) < 4.78 is 23.7. The highest BCUT2D eigenvalue weighted by molar-refractivity contribution is 6.32. The highest BCUT2D eigenvalue weighted by atomic mass is 35.5. The lowest BCUT2D eigenvalue weighted by Crippen LogP contribution is -2.16. The third-order valence-electron chi connectivity index (χ3n) is 2.88. The average molecular weight is 295 g/mol. The molecule has 6 heteroatoms. The van der Waals surface area contributed by atoms with Crippen molar-refractivity contribution in [2.75, 3.05) is 18.5 Å². The number of nitrogens with zero attached hydrogens (tertiary/aromatic N) is 1. The van der Waals surface area contributed by atoms with Crippen molar-refractivity contribution in [1.29, 1.82) is 0 Å². The quantitative estimate of drug-likeness (QED) is 0.883. The molecule has 0 unspecified atom stereocenters. The van der Waals surface area contributed by atoms with Crippen LogP contribution in [0.3, 0.4) is 0 Å². The van der Waals surface area contributed by atoms with E-state index in [2.05, 4.69) is 10.3 Å². The van der Waals surface area contributed by atoms with Crippen molar-refractivity contribution in [1.82, 2.24) is 4.98 Å². The molecule has 104 valence electrons. The topological polar surface area (TPSA) is 43.4 Å². The van der Waals surface area contributed by atoms with Crippen molar-refractivity contribution in [3.63, 3.8) is 0 Å². The van der Waals surface area contributed by atoms with E-state index in [1.54, 1.807) is 6.07 Å². The predicted octanol–water partition coefficient (Wildman–Crippen LogP) is 3.26. The minimum atomic E-state index is -0.502. The Morgan fingerprint density at radius 1 is 1.25 bits per heavy atom. The molecule has 0 fully saturated rings. The molecule has 0 radical (unpaired) electrons. The van der Waals surface area contributed by atoms with Crippen molar-refractivity contribution in [3.05, 3.63) is 47.0 Å². The minimum Gasteiger partial charge on any atom is -0.486 e. The highest BCUT2D eigenvalue weighted by Gasteiger charge is 2.16. The molecule has 20 heavy (non-hydrogen) atoms. The maximum absolute atomic E-state index is 12.7. The molecule has 2 heterocycles. The highest BCUT2D eigenvalue weighted by Crippen LogP contribution is 2.38. The first kappa shape index (κ1) is 13.0. The number of aromatic nitrogens is 1. The van der Waals surface area contributed by atoms with E-state index in [0.717, 1.165) is 11.3 Å². The Bertz CT molecular complexity index is 619. The largest absolute Gasteiger partial charge is 0.486 e. The van der Waals surface area contributed by atoms with Crippen LogP contribution in [0.15, 0.2) is 30.5 Å². The number of hydrogen-bond donors (Lipinski definition) is 1. The number of pyridine rings is 1. The lowest BCUT2D eigenvalue weighted by atomic mass is 10.2. The van der Waals surface area contributed by atoms with Crippen LogP contribution in [0, 0.1) is 5.95 Å². The van der Waals surface area contributed by atoms with Crippen LogP contribution in [0.25, 0.3) is 0 Å². The van der Waals surface area contributed by atoms with Crippen LogP contribution < -0.4 is 14.8 Å². The Morgan fingerprint density at radius 3 is 2.90 bits per heavy atom. The molecule has 3 rings (SSSR count). The molecule has 0 bridgehead atoms. The van der Waals surface area contributed by atoms with Gasteiger partial charge in [-0.05, 0) is 29.8 Å². The number of fused-ring (bicyclic) bond motifs is 1. The third kappa shape index (κ3) is 2.77. The SMILES string of the molecule is Fc1ccc(NCc2cc(Cl)c3c(c2)OCCO3)cn1. The Labute approximate surface area is 120 Å². The summed E-state index contributed by atoms with van der Waals surface area (Å²) in [6, 6.07) is 6.63. The van der Waals surface area contributed by atoms with Gasteiger partial charge < -0.3 is 14.8 Å². The van der Waals surface area contributed by atoms with Crippen molar-refractivity contribution < 1.29 is 13.9 Å². The summed E-state index contributed by atoms with van der Waals surface area (Å²) in [6.07, 6.45) is 1.44. The summed E-state index contributed by atoms with van der Waals surface area (Å²) in [5.74, 6) is 0.737. The van der Waals surface area contributed by atoms with Gasteiger partial charge in [0.05, 0.1) is 16.9 Å². The van der Waals surface area contributed by atoms with Crippen molar-refractivity contribution in [3.8, 4) is 11.5 Å². The number of ether oxygens (including phenoxy) is 2. The van der Waals surface area contributed by atoms with Crippen LogP contribution in [-0.2, 0) is 6.54 Å². The summed E-state index contributed by atoms with van der Waals surface area (Å²) >= 11 is 6.16. The van der Waals surface area contributed by atoms with Crippen molar-refractivity contribution in [2.45, 2.75) is 6.54 Å². The molecule has 0 aliphatic carbocycles. The van der Waals surface area contributed by atoms with E-state index in [4.69, 9.17) is 21.1 Å². The van der Waals surface area contributed by atoms with Gasteiger partial charge in [0.2, 0.25) is 5.95 Å². The molecule has 0 atom stereocenters. The molecule has 1 aromatic heterocycles. The Balaban J connectivity index is 1.74. The molecular weight excluding hydrogens is 283 g/mol. The summed E-state index contributed by atoms with van der Waals surface area (Å²) in [7, 11) is 0. The zero-order valence-corrected chi connectivity index (χ0v) is 11.3. The fraction of sp³-hybridized carbons (Fsp3) is 0.214. The normalized spacial score (nSPS) is 13.1. The summed E-state index contributed by atoms with van der Waals surface area (Å²) in [6.45, 7) is 1.55. The number of hydrogen-bond acceptors (Lipinski definition) is 4. The molecule has 1 aliphatic heterocycles. The third-order valence-corrected chi connectivity index (χ3v) is 3.16. The van der Waals surface area contributed by atoms with E-state index >= 15 is 0 Å². The van der Waals surface area contributed by atoms with Gasteiger partial charge in [-0.3, -0.25) is 0 Å². The van der Waals surface area contributed by atoms with Gasteiger partial charge in [-0.15, -0.1) is 0 Å². The standard InChI is InChI=1S/C14H12ClFN2O2/c15-11-5-9(6-12-14(11)20-4-3-19-12)7-17-10-1-2-13(16)18-8-10/h1-2,5-6,8,17H,3-4,7H2. The summed E-state index contributed by atoms with van der Waals surface area (Å²) in [4.78, 5) is 3.58. The molecule has 4 nitrogen and oxygen atoms in total. The first-order chi connectivity index (χ1) is 9.72. The second-order valence-electron chi connectivity index (χ2n) is 4.32. The summed E-state index contributed by atoms with van der Waals surface area (Å²) in [5, 5.41) is 3.66. The first-order valence-corrected chi connectivity index (χ1v) is 6.53. The van der Waals surface area contributed by atoms with Crippen LogP contribution in [-0.4, -0.2) is 18.2 Å². The zero-order valence-electron chi connectivity index (χ0n) is 10.5.